The molecule has 5 heteroatoms. The van der Waals surface area contributed by atoms with Gasteiger partial charge in [0.05, 0.1) is 23.4 Å². The number of aromatic nitrogens is 1. The number of thiazole rings is 1. The summed E-state index contributed by atoms with van der Waals surface area (Å²) in [5.74, 6) is -0.305. The molecule has 3 nitrogen and oxygen atoms in total. The monoisotopic (exact) mass is 294 g/mol. The lowest BCUT2D eigenvalue weighted by Crippen LogP contribution is -2.17. The molecule has 1 unspecified atom stereocenters. The van der Waals surface area contributed by atoms with Gasteiger partial charge in [-0.1, -0.05) is 26.8 Å². The van der Waals surface area contributed by atoms with E-state index < -0.39 is 0 Å². The van der Waals surface area contributed by atoms with Gasteiger partial charge in [0.2, 0.25) is 0 Å². The highest BCUT2D eigenvalue weighted by atomic mass is 32.1. The fourth-order valence-corrected chi connectivity index (χ4v) is 2.74. The van der Waals surface area contributed by atoms with Crippen molar-refractivity contribution in [3.63, 3.8) is 0 Å². The third-order valence-corrected chi connectivity index (χ3v) is 4.15. The summed E-state index contributed by atoms with van der Waals surface area (Å²) < 4.78 is 13.2. The first-order valence-electron chi connectivity index (χ1n) is 6.49. The van der Waals surface area contributed by atoms with Crippen LogP contribution < -0.4 is 5.32 Å². The summed E-state index contributed by atoms with van der Waals surface area (Å²) in [6.45, 7) is 6.21. The highest BCUT2D eigenvalue weighted by molar-refractivity contribution is 7.09. The number of halogens is 1. The predicted molar refractivity (Wildman–Crippen MR) is 80.7 cm³/mol. The molecule has 1 atom stereocenters. The molecule has 1 aromatic heterocycles. The molecule has 0 spiro atoms. The molecule has 108 valence electrons. The quantitative estimate of drug-likeness (QED) is 0.903. The van der Waals surface area contributed by atoms with Crippen molar-refractivity contribution < 1.29 is 9.50 Å². The second-order valence-corrected chi connectivity index (χ2v) is 6.58. The number of nitrogens with one attached hydrogen (secondary N) is 1. The van der Waals surface area contributed by atoms with Crippen molar-refractivity contribution in [1.29, 1.82) is 0 Å². The molecule has 2 aromatic rings. The highest BCUT2D eigenvalue weighted by Gasteiger charge is 2.21. The number of aliphatic hydroxyl groups is 1. The smallest absolute Gasteiger partial charge is 0.125 e. The van der Waals surface area contributed by atoms with E-state index in [0.29, 0.717) is 5.69 Å². The van der Waals surface area contributed by atoms with Crippen molar-refractivity contribution in [1.82, 2.24) is 4.98 Å². The van der Waals surface area contributed by atoms with Crippen LogP contribution in [0.1, 0.15) is 37.5 Å². The Morgan fingerprint density at radius 3 is 2.70 bits per heavy atom. The van der Waals surface area contributed by atoms with Gasteiger partial charge in [0.25, 0.3) is 0 Å². The number of anilines is 1. The average Bonchev–Trinajstić information content (AvgIpc) is 2.85. The zero-order chi connectivity index (χ0) is 14.8. The first kappa shape index (κ1) is 14.9. The van der Waals surface area contributed by atoms with E-state index in [1.807, 2.05) is 5.38 Å². The van der Waals surface area contributed by atoms with Gasteiger partial charge in [-0.15, -0.1) is 11.3 Å². The number of hydrogen-bond acceptors (Lipinski definition) is 4. The fourth-order valence-electron chi connectivity index (χ4n) is 1.78. The Balaban J connectivity index is 2.18. The van der Waals surface area contributed by atoms with Crippen molar-refractivity contribution in [3.05, 3.63) is 46.2 Å². The third-order valence-electron chi connectivity index (χ3n) is 2.87. The summed E-state index contributed by atoms with van der Waals surface area (Å²) in [7, 11) is 0. The Morgan fingerprint density at radius 2 is 2.15 bits per heavy atom. The second kappa shape index (κ2) is 5.89. The predicted octanol–water partition coefficient (Wildman–Crippen LogP) is 3.73. The zero-order valence-corrected chi connectivity index (χ0v) is 12.7. The molecule has 1 heterocycles. The van der Waals surface area contributed by atoms with Crippen molar-refractivity contribution in [2.45, 2.75) is 32.2 Å². The van der Waals surface area contributed by atoms with E-state index in [9.17, 15) is 9.50 Å². The lowest BCUT2D eigenvalue weighted by Gasteiger charge is -2.17. The summed E-state index contributed by atoms with van der Waals surface area (Å²) in [5.41, 5.74) is 1.41. The largest absolute Gasteiger partial charge is 0.394 e. The van der Waals surface area contributed by atoms with Gasteiger partial charge in [-0.25, -0.2) is 9.37 Å². The van der Waals surface area contributed by atoms with E-state index in [2.05, 4.69) is 31.1 Å². The molecule has 2 N–H and O–H groups in total. The first-order valence-corrected chi connectivity index (χ1v) is 7.37. The van der Waals surface area contributed by atoms with Crippen LogP contribution in [0.3, 0.4) is 0 Å². The van der Waals surface area contributed by atoms with Crippen LogP contribution >= 0.6 is 11.3 Å². The average molecular weight is 294 g/mol. The van der Waals surface area contributed by atoms with Crippen LogP contribution in [0.2, 0.25) is 0 Å². The van der Waals surface area contributed by atoms with E-state index in [1.165, 1.54) is 12.1 Å². The number of benzene rings is 1. The van der Waals surface area contributed by atoms with Crippen molar-refractivity contribution in [2.75, 3.05) is 11.9 Å². The van der Waals surface area contributed by atoms with Crippen molar-refractivity contribution >= 4 is 17.0 Å². The summed E-state index contributed by atoms with van der Waals surface area (Å²) in [6, 6.07) is 5.86. The molecule has 20 heavy (non-hydrogen) atoms. The molecule has 0 saturated heterocycles. The van der Waals surface area contributed by atoms with Gasteiger partial charge in [-0.2, -0.15) is 0 Å². The van der Waals surface area contributed by atoms with Gasteiger partial charge in [-0.05, 0) is 18.2 Å². The van der Waals surface area contributed by atoms with Crippen LogP contribution in [0.4, 0.5) is 10.1 Å². The fraction of sp³-hybridized carbons (Fsp3) is 0.400. The lowest BCUT2D eigenvalue weighted by atomic mass is 9.98. The van der Waals surface area contributed by atoms with E-state index in [-0.39, 0.29) is 23.9 Å². The maximum atomic E-state index is 13.2. The summed E-state index contributed by atoms with van der Waals surface area (Å²) in [4.78, 5) is 4.57. The Kier molecular flexibility index (Phi) is 4.40. The standard InChI is InChI=1S/C15H19FN2OS/c1-15(2,3)14-18-13(9-20-14)12(8-19)17-11-6-4-5-10(16)7-11/h4-7,9,12,17,19H,8H2,1-3H3. The number of hydrogen-bond donors (Lipinski definition) is 2. The molecule has 0 bridgehead atoms. The maximum absolute atomic E-state index is 13.2. The minimum absolute atomic E-state index is 0.0121. The minimum Gasteiger partial charge on any atom is -0.394 e. The zero-order valence-electron chi connectivity index (χ0n) is 11.9. The molecule has 0 radical (unpaired) electrons. The van der Waals surface area contributed by atoms with E-state index in [4.69, 9.17) is 0 Å². The van der Waals surface area contributed by atoms with E-state index in [1.54, 1.807) is 23.5 Å². The molecule has 0 aliphatic rings. The first-order chi connectivity index (χ1) is 9.40. The lowest BCUT2D eigenvalue weighted by molar-refractivity contribution is 0.274. The Bertz CT molecular complexity index is 577. The summed E-state index contributed by atoms with van der Waals surface area (Å²) >= 11 is 1.58. The molecule has 0 aliphatic heterocycles. The van der Waals surface area contributed by atoms with Crippen LogP contribution in [-0.4, -0.2) is 16.7 Å². The van der Waals surface area contributed by atoms with Crippen LogP contribution in [-0.2, 0) is 5.41 Å². The molecule has 0 saturated carbocycles. The highest BCUT2D eigenvalue weighted by Crippen LogP contribution is 2.28. The van der Waals surface area contributed by atoms with Crippen LogP contribution in [0.5, 0.6) is 0 Å². The Morgan fingerprint density at radius 1 is 1.40 bits per heavy atom. The molecular weight excluding hydrogens is 275 g/mol. The number of rotatable bonds is 4. The normalized spacial score (nSPS) is 13.2. The van der Waals surface area contributed by atoms with Crippen LogP contribution in [0, 0.1) is 5.82 Å². The van der Waals surface area contributed by atoms with Crippen LogP contribution in [0.15, 0.2) is 29.6 Å². The van der Waals surface area contributed by atoms with Crippen molar-refractivity contribution in [3.8, 4) is 0 Å². The number of aliphatic hydroxyl groups excluding tert-OH is 1. The topological polar surface area (TPSA) is 45.2 Å². The van der Waals surface area contributed by atoms with E-state index >= 15 is 0 Å². The minimum atomic E-state index is -0.329. The van der Waals surface area contributed by atoms with Gasteiger partial charge >= 0.3 is 0 Å². The van der Waals surface area contributed by atoms with Gasteiger partial charge in [0, 0.05) is 16.5 Å². The molecule has 1 aromatic carbocycles. The van der Waals surface area contributed by atoms with Gasteiger partial charge in [0.15, 0.2) is 0 Å². The second-order valence-electron chi connectivity index (χ2n) is 5.72. The summed E-state index contributed by atoms with van der Waals surface area (Å²) in [6.07, 6.45) is 0. The van der Waals surface area contributed by atoms with Crippen molar-refractivity contribution in [2.24, 2.45) is 0 Å². The maximum Gasteiger partial charge on any atom is 0.125 e. The number of nitrogens with zero attached hydrogens (tertiary/aromatic N) is 1. The van der Waals surface area contributed by atoms with E-state index in [0.717, 1.165) is 10.7 Å². The Hall–Kier alpha value is -1.46. The van der Waals surface area contributed by atoms with Gasteiger partial charge < -0.3 is 10.4 Å². The Labute approximate surface area is 122 Å². The van der Waals surface area contributed by atoms with Crippen LogP contribution in [0.25, 0.3) is 0 Å². The molecular formula is C15H19FN2OS. The third kappa shape index (κ3) is 3.55. The molecule has 0 aliphatic carbocycles. The molecule has 0 amide bonds. The summed E-state index contributed by atoms with van der Waals surface area (Å²) in [5, 5.41) is 15.6. The van der Waals surface area contributed by atoms with Gasteiger partial charge in [0.1, 0.15) is 5.82 Å². The SMILES string of the molecule is CC(C)(C)c1nc(C(CO)Nc2cccc(F)c2)cs1. The molecule has 0 fully saturated rings. The molecule has 2 rings (SSSR count). The van der Waals surface area contributed by atoms with Gasteiger partial charge in [-0.3, -0.25) is 0 Å².